The second kappa shape index (κ2) is 67.3. The molecule has 0 spiro atoms. The van der Waals surface area contributed by atoms with E-state index in [0.29, 0.717) is 19.3 Å². The Bertz CT molecular complexity index is 1650. The van der Waals surface area contributed by atoms with E-state index in [1.54, 1.807) is 0 Å². The third-order valence-electron chi connectivity index (χ3n) is 14.2. The Morgan fingerprint density at radius 3 is 0.812 bits per heavy atom. The van der Waals surface area contributed by atoms with Gasteiger partial charge >= 0.3 is 17.9 Å². The Hall–Kier alpha value is -4.19. The number of carbonyl (C=O) groups excluding carboxylic acids is 3. The van der Waals surface area contributed by atoms with Crippen molar-refractivity contribution in [1.82, 2.24) is 0 Å². The maximum atomic E-state index is 12.9. The molecule has 0 fully saturated rings. The molecule has 80 heavy (non-hydrogen) atoms. The first kappa shape index (κ1) is 75.8. The van der Waals surface area contributed by atoms with E-state index >= 15 is 0 Å². The van der Waals surface area contributed by atoms with Crippen molar-refractivity contribution in [2.75, 3.05) is 13.2 Å². The second-order valence-corrected chi connectivity index (χ2v) is 22.0. The van der Waals surface area contributed by atoms with E-state index in [1.165, 1.54) is 148 Å². The average molecular weight is 1110 g/mol. The zero-order valence-corrected chi connectivity index (χ0v) is 52.3. The van der Waals surface area contributed by atoms with Gasteiger partial charge in [-0.1, -0.05) is 284 Å². The number of hydrogen-bond donors (Lipinski definition) is 0. The molecule has 1 unspecified atom stereocenters. The van der Waals surface area contributed by atoms with E-state index in [1.807, 2.05) is 0 Å². The summed E-state index contributed by atoms with van der Waals surface area (Å²) in [6.07, 6.45) is 93.6. The lowest BCUT2D eigenvalue weighted by Crippen LogP contribution is -2.30. The summed E-state index contributed by atoms with van der Waals surface area (Å²) < 4.78 is 16.9. The molecule has 0 aromatic heterocycles. The fourth-order valence-electron chi connectivity index (χ4n) is 9.14. The van der Waals surface area contributed by atoms with Crippen LogP contribution in [0.15, 0.2) is 122 Å². The normalized spacial score (nSPS) is 12.9. The van der Waals surface area contributed by atoms with Crippen LogP contribution in [0.3, 0.4) is 0 Å². The van der Waals surface area contributed by atoms with Gasteiger partial charge in [-0.2, -0.15) is 0 Å². The van der Waals surface area contributed by atoms with Crippen molar-refractivity contribution >= 4 is 17.9 Å². The molecule has 0 aliphatic rings. The molecule has 6 nitrogen and oxygen atoms in total. The molecule has 1 atom stereocenters. The van der Waals surface area contributed by atoms with E-state index in [0.717, 1.165) is 122 Å². The number of allylic oxidation sites excluding steroid dienone is 20. The van der Waals surface area contributed by atoms with Gasteiger partial charge in [-0.3, -0.25) is 14.4 Å². The molecular formula is C74H124O6. The third-order valence-corrected chi connectivity index (χ3v) is 14.2. The van der Waals surface area contributed by atoms with E-state index in [-0.39, 0.29) is 31.1 Å². The second-order valence-electron chi connectivity index (χ2n) is 22.0. The molecule has 6 heteroatoms. The minimum Gasteiger partial charge on any atom is -0.462 e. The van der Waals surface area contributed by atoms with Crippen molar-refractivity contribution < 1.29 is 28.6 Å². The summed E-state index contributed by atoms with van der Waals surface area (Å²) in [5.74, 6) is -0.900. The van der Waals surface area contributed by atoms with E-state index < -0.39 is 6.10 Å². The lowest BCUT2D eigenvalue weighted by molar-refractivity contribution is -0.167. The summed E-state index contributed by atoms with van der Waals surface area (Å²) in [7, 11) is 0. The molecule has 0 amide bonds. The van der Waals surface area contributed by atoms with E-state index in [2.05, 4.69) is 142 Å². The van der Waals surface area contributed by atoms with Gasteiger partial charge in [0, 0.05) is 19.3 Å². The Balaban J connectivity index is 4.22. The average Bonchev–Trinajstić information content (AvgIpc) is 3.46. The molecular weight excluding hydrogens is 985 g/mol. The van der Waals surface area contributed by atoms with Crippen LogP contribution in [0.5, 0.6) is 0 Å². The summed E-state index contributed by atoms with van der Waals surface area (Å²) in [5.41, 5.74) is 0. The fourth-order valence-corrected chi connectivity index (χ4v) is 9.14. The molecule has 0 saturated carbocycles. The van der Waals surface area contributed by atoms with Gasteiger partial charge in [-0.05, 0) is 128 Å². The summed E-state index contributed by atoms with van der Waals surface area (Å²) in [5, 5.41) is 0. The SMILES string of the molecule is CC/C=C\C/C=C\C/C=C\C/C=C\C/C=C\C/C=C\C/C=C\CCCCCCCCCCCCCC(=O)OCC(COC(=O)CCCCCCC/C=C\CCCC)OC(=O)CCCCCCCCC/C=C\C/C=C\CCCCCC. The number of esters is 3. The Morgan fingerprint density at radius 2 is 0.500 bits per heavy atom. The zero-order chi connectivity index (χ0) is 57.8. The molecule has 0 aliphatic heterocycles. The van der Waals surface area contributed by atoms with Crippen molar-refractivity contribution in [1.29, 1.82) is 0 Å². The largest absolute Gasteiger partial charge is 0.462 e. The molecule has 0 aromatic rings. The summed E-state index contributed by atoms with van der Waals surface area (Å²) >= 11 is 0. The fraction of sp³-hybridized carbons (Fsp3) is 0.689. The summed E-state index contributed by atoms with van der Waals surface area (Å²) in [4.78, 5) is 38.3. The van der Waals surface area contributed by atoms with Crippen LogP contribution in [0, 0.1) is 0 Å². The number of unbranched alkanes of at least 4 members (excludes halogenated alkanes) is 29. The van der Waals surface area contributed by atoms with Gasteiger partial charge in [0.15, 0.2) is 6.10 Å². The lowest BCUT2D eigenvalue weighted by atomic mass is 10.0. The molecule has 0 aromatic carbocycles. The highest BCUT2D eigenvalue weighted by molar-refractivity contribution is 5.71. The Labute approximate surface area is 494 Å². The molecule has 0 radical (unpaired) electrons. The summed E-state index contributed by atoms with van der Waals surface area (Å²) in [6, 6.07) is 0. The minimum atomic E-state index is -0.789. The van der Waals surface area contributed by atoms with Crippen molar-refractivity contribution in [3.05, 3.63) is 122 Å². The highest BCUT2D eigenvalue weighted by Gasteiger charge is 2.19. The van der Waals surface area contributed by atoms with Crippen LogP contribution < -0.4 is 0 Å². The van der Waals surface area contributed by atoms with Gasteiger partial charge in [-0.25, -0.2) is 0 Å². The molecule has 0 bridgehead atoms. The van der Waals surface area contributed by atoms with Crippen LogP contribution in [-0.4, -0.2) is 37.2 Å². The van der Waals surface area contributed by atoms with Gasteiger partial charge in [-0.15, -0.1) is 0 Å². The van der Waals surface area contributed by atoms with E-state index in [9.17, 15) is 14.4 Å². The van der Waals surface area contributed by atoms with Crippen LogP contribution in [0.2, 0.25) is 0 Å². The van der Waals surface area contributed by atoms with Crippen molar-refractivity contribution in [2.24, 2.45) is 0 Å². The van der Waals surface area contributed by atoms with Crippen LogP contribution in [0.1, 0.15) is 310 Å². The molecule has 0 rings (SSSR count). The number of rotatable bonds is 60. The molecule has 0 aliphatic carbocycles. The highest BCUT2D eigenvalue weighted by atomic mass is 16.6. The topological polar surface area (TPSA) is 78.9 Å². The third kappa shape index (κ3) is 64.6. The number of hydrogen-bond acceptors (Lipinski definition) is 6. The van der Waals surface area contributed by atoms with Gasteiger partial charge in [0.2, 0.25) is 0 Å². The minimum absolute atomic E-state index is 0.0858. The highest BCUT2D eigenvalue weighted by Crippen LogP contribution is 2.16. The van der Waals surface area contributed by atoms with E-state index in [4.69, 9.17) is 14.2 Å². The molecule has 456 valence electrons. The first-order valence-electron chi connectivity index (χ1n) is 33.5. The van der Waals surface area contributed by atoms with Crippen LogP contribution in [0.4, 0.5) is 0 Å². The monoisotopic (exact) mass is 1110 g/mol. The lowest BCUT2D eigenvalue weighted by Gasteiger charge is -2.18. The van der Waals surface area contributed by atoms with Gasteiger partial charge in [0.1, 0.15) is 13.2 Å². The Kier molecular flexibility index (Phi) is 63.8. The molecule has 0 saturated heterocycles. The van der Waals surface area contributed by atoms with Gasteiger partial charge in [0.25, 0.3) is 0 Å². The van der Waals surface area contributed by atoms with Crippen molar-refractivity contribution in [3.63, 3.8) is 0 Å². The summed E-state index contributed by atoms with van der Waals surface area (Å²) in [6.45, 7) is 6.47. The van der Waals surface area contributed by atoms with Gasteiger partial charge in [0.05, 0.1) is 0 Å². The van der Waals surface area contributed by atoms with Crippen LogP contribution in [-0.2, 0) is 28.6 Å². The molecule has 0 heterocycles. The Morgan fingerprint density at radius 1 is 0.263 bits per heavy atom. The van der Waals surface area contributed by atoms with Crippen LogP contribution in [0.25, 0.3) is 0 Å². The smallest absolute Gasteiger partial charge is 0.306 e. The predicted octanol–water partition coefficient (Wildman–Crippen LogP) is 23.2. The molecule has 0 N–H and O–H groups in total. The van der Waals surface area contributed by atoms with Gasteiger partial charge < -0.3 is 14.2 Å². The number of ether oxygens (including phenoxy) is 3. The first-order chi connectivity index (χ1) is 39.5. The first-order valence-corrected chi connectivity index (χ1v) is 33.5. The standard InChI is InChI=1S/C74H124O6/c1-4-7-10-13-16-19-22-24-26-28-30-31-32-33-34-35-36-37-38-39-40-41-42-43-44-46-47-49-52-55-58-61-64-67-73(76)79-70-71(69-78-72(75)66-63-60-57-54-51-21-18-15-12-9-6-3)80-74(77)68-65-62-59-56-53-50-48-45-29-27-25-23-20-17-14-11-8-5-2/h7,10,15-16,18-20,23-24,26-27,29-31,33-34,36-37,39-40,71H,4-6,8-9,11-14,17,21-22,25,28,32,35,38,41-70H2,1-3H3/b10-7-,18-15-,19-16-,23-20-,26-24-,29-27-,31-30-,34-33-,37-36-,40-39-. The van der Waals surface area contributed by atoms with Crippen molar-refractivity contribution in [2.45, 2.75) is 316 Å². The number of carbonyl (C=O) groups is 3. The zero-order valence-electron chi connectivity index (χ0n) is 52.3. The quantitative estimate of drug-likeness (QED) is 0.0261. The van der Waals surface area contributed by atoms with Crippen LogP contribution >= 0.6 is 0 Å². The predicted molar refractivity (Wildman–Crippen MR) is 348 cm³/mol. The maximum Gasteiger partial charge on any atom is 0.306 e. The maximum absolute atomic E-state index is 12.9. The van der Waals surface area contributed by atoms with Crippen molar-refractivity contribution in [3.8, 4) is 0 Å².